The number of amides is 2. The quantitative estimate of drug-likeness (QED) is 0.369. The van der Waals surface area contributed by atoms with Gasteiger partial charge in [0.25, 0.3) is 5.91 Å². The van der Waals surface area contributed by atoms with Crippen molar-refractivity contribution in [3.8, 4) is 0 Å². The minimum absolute atomic E-state index is 0.00635. The maximum Gasteiger partial charge on any atom is 0.270 e. The number of halogens is 1. The molecule has 3 aliphatic rings. The van der Waals surface area contributed by atoms with Gasteiger partial charge in [0.2, 0.25) is 5.91 Å². The number of H-pyrrole nitrogens is 1. The molecule has 0 radical (unpaired) electrons. The number of hydrogen-bond acceptors (Lipinski definition) is 6. The molecule has 43 heavy (non-hydrogen) atoms. The van der Waals surface area contributed by atoms with Crippen molar-refractivity contribution in [2.24, 2.45) is 0 Å². The average molecular weight is 588 g/mol. The van der Waals surface area contributed by atoms with Crippen LogP contribution in [0.3, 0.4) is 0 Å². The summed E-state index contributed by atoms with van der Waals surface area (Å²) in [5.41, 5.74) is 3.96. The lowest BCUT2D eigenvalue weighted by molar-refractivity contribution is -0.131. The number of aryl methyl sites for hydroxylation is 2. The molecule has 226 valence electrons. The summed E-state index contributed by atoms with van der Waals surface area (Å²) in [5, 5.41) is 12.6. The third kappa shape index (κ3) is 6.10. The number of aromatic amines is 1. The molecule has 2 amide bonds. The third-order valence-corrected chi connectivity index (χ3v) is 8.49. The van der Waals surface area contributed by atoms with Gasteiger partial charge in [-0.05, 0) is 58.0 Å². The first-order chi connectivity index (χ1) is 20.9. The summed E-state index contributed by atoms with van der Waals surface area (Å²) in [6, 6.07) is 5.26. The molecule has 3 aromatic heterocycles. The number of benzene rings is 1. The SMILES string of the molecule is CCn1ncc2c1CN(C(=O)c1cc3ccc(C4=CCCN(C(=O)CCn5ccnn5)C4)c(F)c3[nH]1)C2.CN1CCCC1. The summed E-state index contributed by atoms with van der Waals surface area (Å²) < 4.78 is 19.2. The van der Waals surface area contributed by atoms with Crippen molar-refractivity contribution in [1.29, 1.82) is 0 Å². The van der Waals surface area contributed by atoms with E-state index in [1.807, 2.05) is 29.9 Å². The molecule has 0 saturated carbocycles. The number of nitrogens with zero attached hydrogens (tertiary/aromatic N) is 8. The number of hydrogen-bond donors (Lipinski definition) is 1. The second kappa shape index (κ2) is 12.5. The molecule has 7 rings (SSSR count). The minimum atomic E-state index is -0.411. The Bertz CT molecular complexity index is 1630. The molecule has 0 atom stereocenters. The van der Waals surface area contributed by atoms with E-state index in [9.17, 15) is 9.59 Å². The van der Waals surface area contributed by atoms with Gasteiger partial charge in [-0.1, -0.05) is 23.4 Å². The van der Waals surface area contributed by atoms with E-state index in [-0.39, 0.29) is 11.8 Å². The molecule has 0 aliphatic carbocycles. The van der Waals surface area contributed by atoms with Gasteiger partial charge in [0.05, 0.1) is 36.7 Å². The first-order valence-corrected chi connectivity index (χ1v) is 15.0. The summed E-state index contributed by atoms with van der Waals surface area (Å²) >= 11 is 0. The molecule has 11 nitrogen and oxygen atoms in total. The second-order valence-electron chi connectivity index (χ2n) is 11.4. The van der Waals surface area contributed by atoms with Crippen molar-refractivity contribution < 1.29 is 14.0 Å². The number of carbonyl (C=O) groups is 2. The van der Waals surface area contributed by atoms with E-state index in [2.05, 4.69) is 32.3 Å². The Morgan fingerprint density at radius 3 is 2.63 bits per heavy atom. The topological polar surface area (TPSA) is 108 Å². The van der Waals surface area contributed by atoms with Crippen molar-refractivity contribution in [3.63, 3.8) is 0 Å². The first kappa shape index (κ1) is 28.8. The lowest BCUT2D eigenvalue weighted by Crippen LogP contribution is -2.36. The van der Waals surface area contributed by atoms with E-state index >= 15 is 4.39 Å². The van der Waals surface area contributed by atoms with Gasteiger partial charge in [-0.15, -0.1) is 5.10 Å². The second-order valence-corrected chi connectivity index (χ2v) is 11.4. The van der Waals surface area contributed by atoms with Crippen LogP contribution in [0.5, 0.6) is 0 Å². The van der Waals surface area contributed by atoms with E-state index in [0.29, 0.717) is 67.7 Å². The predicted molar refractivity (Wildman–Crippen MR) is 160 cm³/mol. The molecular formula is C31H38FN9O2. The van der Waals surface area contributed by atoms with Crippen LogP contribution in [0.15, 0.2) is 42.9 Å². The van der Waals surface area contributed by atoms with Crippen LogP contribution < -0.4 is 0 Å². The van der Waals surface area contributed by atoms with Crippen LogP contribution in [-0.4, -0.2) is 89.5 Å². The van der Waals surface area contributed by atoms with Crippen LogP contribution in [0.2, 0.25) is 0 Å². The number of carbonyl (C=O) groups excluding carboxylic acids is 2. The first-order valence-electron chi connectivity index (χ1n) is 15.0. The summed E-state index contributed by atoms with van der Waals surface area (Å²) in [6.45, 7) is 7.77. The molecule has 3 aliphatic heterocycles. The largest absolute Gasteiger partial charge is 0.348 e. The monoisotopic (exact) mass is 587 g/mol. The highest BCUT2D eigenvalue weighted by atomic mass is 19.1. The summed E-state index contributed by atoms with van der Waals surface area (Å²) in [4.78, 5) is 34.9. The van der Waals surface area contributed by atoms with Gasteiger partial charge in [-0.2, -0.15) is 5.10 Å². The van der Waals surface area contributed by atoms with Crippen LogP contribution >= 0.6 is 0 Å². The molecule has 12 heteroatoms. The molecule has 1 fully saturated rings. The minimum Gasteiger partial charge on any atom is -0.348 e. The molecule has 1 aromatic carbocycles. The zero-order chi connectivity index (χ0) is 29.9. The van der Waals surface area contributed by atoms with Crippen molar-refractivity contribution in [3.05, 3.63) is 71.2 Å². The van der Waals surface area contributed by atoms with Gasteiger partial charge in [0.15, 0.2) is 5.82 Å². The van der Waals surface area contributed by atoms with E-state index in [1.165, 1.54) is 25.9 Å². The molecule has 0 unspecified atom stereocenters. The number of nitrogens with one attached hydrogen (secondary N) is 1. The van der Waals surface area contributed by atoms with E-state index in [0.717, 1.165) is 23.4 Å². The Hall–Kier alpha value is -4.32. The number of rotatable bonds is 6. The average Bonchev–Trinajstić information content (AvgIpc) is 3.85. The van der Waals surface area contributed by atoms with Crippen LogP contribution in [0.4, 0.5) is 4.39 Å². The van der Waals surface area contributed by atoms with E-state index in [1.54, 1.807) is 39.0 Å². The Kier molecular flexibility index (Phi) is 8.37. The fraction of sp³-hybridized carbons (Fsp3) is 0.452. The summed E-state index contributed by atoms with van der Waals surface area (Å²) in [7, 11) is 2.17. The standard InChI is InChI=1S/C26H27FN8O2.C5H11N/c1-2-35-22-16-33(15-19(22)13-29-35)26(37)21-12-17-5-6-20(24(27)25(17)30-21)18-4-3-9-32(14-18)23(36)7-10-34-11-8-28-31-34;1-6-4-2-3-5-6/h4-6,8,11-13,30H,2-3,7,9-10,14-16H2,1H3;2-5H2,1H3. The van der Waals surface area contributed by atoms with Crippen LogP contribution in [0.25, 0.3) is 16.5 Å². The third-order valence-electron chi connectivity index (χ3n) is 8.49. The van der Waals surface area contributed by atoms with Crippen molar-refractivity contribution in [2.45, 2.75) is 58.8 Å². The fourth-order valence-corrected chi connectivity index (χ4v) is 6.07. The van der Waals surface area contributed by atoms with Crippen LogP contribution in [-0.2, 0) is 31.0 Å². The molecular weight excluding hydrogens is 549 g/mol. The smallest absolute Gasteiger partial charge is 0.270 e. The highest BCUT2D eigenvalue weighted by molar-refractivity contribution is 5.99. The number of likely N-dealkylation sites (tertiary alicyclic amines) is 1. The van der Waals surface area contributed by atoms with Gasteiger partial charge in [-0.25, -0.2) is 4.39 Å². The molecule has 0 spiro atoms. The summed E-state index contributed by atoms with van der Waals surface area (Å²) in [5.74, 6) is -0.587. The van der Waals surface area contributed by atoms with Gasteiger partial charge in [-0.3, -0.25) is 19.0 Å². The van der Waals surface area contributed by atoms with Gasteiger partial charge < -0.3 is 19.7 Å². The van der Waals surface area contributed by atoms with E-state index < -0.39 is 5.82 Å². The van der Waals surface area contributed by atoms with Crippen molar-refractivity contribution >= 4 is 28.3 Å². The highest BCUT2D eigenvalue weighted by Crippen LogP contribution is 2.30. The maximum atomic E-state index is 15.7. The zero-order valence-electron chi connectivity index (χ0n) is 24.8. The van der Waals surface area contributed by atoms with E-state index in [4.69, 9.17) is 0 Å². The van der Waals surface area contributed by atoms with Crippen LogP contribution in [0.1, 0.15) is 59.9 Å². The Morgan fingerprint density at radius 2 is 1.91 bits per heavy atom. The summed E-state index contributed by atoms with van der Waals surface area (Å²) in [6.07, 6.45) is 10.9. The molecule has 0 bridgehead atoms. The lowest BCUT2D eigenvalue weighted by Gasteiger charge is -2.28. The Balaban J connectivity index is 0.000000491. The maximum absolute atomic E-state index is 15.7. The molecule has 6 heterocycles. The molecule has 1 N–H and O–H groups in total. The van der Waals surface area contributed by atoms with Gasteiger partial charge in [0, 0.05) is 55.3 Å². The Morgan fingerprint density at radius 1 is 1.07 bits per heavy atom. The molecule has 1 saturated heterocycles. The van der Waals surface area contributed by atoms with Gasteiger partial charge in [0.1, 0.15) is 5.69 Å². The normalized spacial score (nSPS) is 16.8. The van der Waals surface area contributed by atoms with Crippen molar-refractivity contribution in [2.75, 3.05) is 33.2 Å². The molecule has 4 aromatic rings. The zero-order valence-corrected chi connectivity index (χ0v) is 24.8. The number of fused-ring (bicyclic) bond motifs is 2. The highest BCUT2D eigenvalue weighted by Gasteiger charge is 2.29. The van der Waals surface area contributed by atoms with Crippen LogP contribution in [0, 0.1) is 5.82 Å². The Labute approximate surface area is 249 Å². The predicted octanol–water partition coefficient (Wildman–Crippen LogP) is 3.69. The van der Waals surface area contributed by atoms with Gasteiger partial charge >= 0.3 is 0 Å². The lowest BCUT2D eigenvalue weighted by atomic mass is 9.99. The fourth-order valence-electron chi connectivity index (χ4n) is 6.07. The number of aromatic nitrogens is 6. The van der Waals surface area contributed by atoms with Crippen molar-refractivity contribution in [1.82, 2.24) is 44.5 Å².